The van der Waals surface area contributed by atoms with Gasteiger partial charge < -0.3 is 19.8 Å². The van der Waals surface area contributed by atoms with Crippen molar-refractivity contribution >= 4 is 13.7 Å². The summed E-state index contributed by atoms with van der Waals surface area (Å²) < 4.78 is 23.7. The first-order chi connectivity index (χ1) is 36.0. The van der Waals surface area contributed by atoms with E-state index in [2.05, 4.69) is 129 Å². The highest BCUT2D eigenvalue weighted by Gasteiger charge is 2.27. The molecule has 0 rings (SSSR count). The van der Waals surface area contributed by atoms with Gasteiger partial charge in [0.25, 0.3) is 0 Å². The molecule has 3 N–H and O–H groups in total. The number of unbranched alkanes of at least 4 members (excludes halogenated alkanes) is 22. The number of aliphatic hydroxyl groups excluding tert-OH is 1. The molecule has 0 heterocycles. The summed E-state index contributed by atoms with van der Waals surface area (Å²) in [5.41, 5.74) is 0. The molecular weight excluding hydrogens is 936 g/mol. The summed E-state index contributed by atoms with van der Waals surface area (Å²) in [6.07, 6.45) is 81.6. The van der Waals surface area contributed by atoms with Crippen LogP contribution in [0.4, 0.5) is 0 Å². The van der Waals surface area contributed by atoms with E-state index < -0.39 is 20.0 Å². The Hall–Kier alpha value is -3.10. The number of amides is 1. The molecule has 0 aromatic carbocycles. The van der Waals surface area contributed by atoms with E-state index in [1.807, 2.05) is 27.2 Å². The average molecular weight is 1050 g/mol. The number of likely N-dealkylation sites (N-methyl/N-ethyl adjacent to an activating group) is 1. The van der Waals surface area contributed by atoms with E-state index in [9.17, 15) is 19.4 Å². The van der Waals surface area contributed by atoms with Crippen LogP contribution in [0, 0.1) is 0 Å². The molecule has 8 nitrogen and oxygen atoms in total. The standard InChI is InChI=1S/C65H113N2O6P/c1-6-8-10-12-14-16-18-20-22-23-24-25-26-27-28-29-30-31-32-33-34-35-36-37-38-39-40-41-42-43-45-47-49-51-53-55-57-59-65(69)66-63(62-73-74(70,71)72-61-60-67(3,4)5)64(68)58-56-54-52-50-48-46-44-21-19-17-15-13-11-9-7-2/h8,10,14,16,20,22,24-25,27-28,30-31,33-34,36-37,39-40,56,58,63-64,68H,6-7,9,11-13,15,17-19,21,23,26,29,32,35,38,41-55,57,59-62H2,1-5H3,(H-,66,69,70,71)/p+1/b10-8-,16-14-,22-20-,25-24-,28-27-,31-30-,34-33-,37-36-,40-39-,58-56+. The molecule has 0 aromatic rings. The number of carbonyl (C=O) groups excluding carboxylic acids is 1. The van der Waals surface area contributed by atoms with Gasteiger partial charge in [0, 0.05) is 6.42 Å². The Kier molecular flexibility index (Phi) is 52.4. The zero-order valence-electron chi connectivity index (χ0n) is 48.3. The fourth-order valence-electron chi connectivity index (χ4n) is 8.03. The van der Waals surface area contributed by atoms with Gasteiger partial charge in [0.15, 0.2) is 0 Å². The van der Waals surface area contributed by atoms with Gasteiger partial charge in [-0.1, -0.05) is 257 Å². The minimum Gasteiger partial charge on any atom is -0.387 e. The molecule has 3 atom stereocenters. The lowest BCUT2D eigenvalue weighted by molar-refractivity contribution is -0.870. The number of quaternary nitrogens is 1. The summed E-state index contributed by atoms with van der Waals surface area (Å²) in [4.78, 5) is 23.3. The number of rotatable bonds is 53. The van der Waals surface area contributed by atoms with Crippen LogP contribution < -0.4 is 5.32 Å². The molecule has 1 amide bonds. The van der Waals surface area contributed by atoms with Crippen LogP contribution >= 0.6 is 7.82 Å². The molecule has 0 saturated carbocycles. The number of hydrogen-bond acceptors (Lipinski definition) is 5. The second-order valence-corrected chi connectivity index (χ2v) is 22.4. The maximum atomic E-state index is 13.0. The van der Waals surface area contributed by atoms with Crippen molar-refractivity contribution in [1.82, 2.24) is 5.32 Å². The molecule has 3 unspecified atom stereocenters. The lowest BCUT2D eigenvalue weighted by Gasteiger charge is -2.25. The number of nitrogens with one attached hydrogen (secondary N) is 1. The predicted octanol–water partition coefficient (Wildman–Crippen LogP) is 18.5. The van der Waals surface area contributed by atoms with Gasteiger partial charge in [-0.05, 0) is 89.9 Å². The van der Waals surface area contributed by atoms with Crippen LogP contribution in [0.3, 0.4) is 0 Å². The van der Waals surface area contributed by atoms with Gasteiger partial charge in [0.2, 0.25) is 5.91 Å². The van der Waals surface area contributed by atoms with Crippen LogP contribution in [0.25, 0.3) is 0 Å². The highest BCUT2D eigenvalue weighted by Crippen LogP contribution is 2.43. The highest BCUT2D eigenvalue weighted by molar-refractivity contribution is 7.47. The van der Waals surface area contributed by atoms with Crippen LogP contribution in [0.15, 0.2) is 122 Å². The molecule has 9 heteroatoms. The van der Waals surface area contributed by atoms with E-state index in [0.29, 0.717) is 17.4 Å². The van der Waals surface area contributed by atoms with Crippen molar-refractivity contribution in [1.29, 1.82) is 0 Å². The summed E-state index contributed by atoms with van der Waals surface area (Å²) in [7, 11) is 1.55. The topological polar surface area (TPSA) is 105 Å². The first kappa shape index (κ1) is 70.9. The molecule has 424 valence electrons. The Balaban J connectivity index is 4.15. The maximum Gasteiger partial charge on any atom is 0.472 e. The van der Waals surface area contributed by atoms with E-state index in [1.165, 1.54) is 109 Å². The molecule has 0 aliphatic carbocycles. The Morgan fingerprint density at radius 2 is 0.811 bits per heavy atom. The Morgan fingerprint density at radius 1 is 0.473 bits per heavy atom. The highest BCUT2D eigenvalue weighted by atomic mass is 31.2. The van der Waals surface area contributed by atoms with Crippen molar-refractivity contribution < 1.29 is 32.9 Å². The number of hydrogen-bond donors (Lipinski definition) is 3. The van der Waals surface area contributed by atoms with Gasteiger partial charge in [0.05, 0.1) is 39.9 Å². The van der Waals surface area contributed by atoms with E-state index >= 15 is 0 Å². The first-order valence-electron chi connectivity index (χ1n) is 29.9. The quantitative estimate of drug-likeness (QED) is 0.0243. The number of phosphoric acid groups is 1. The maximum absolute atomic E-state index is 13.0. The third-order valence-electron chi connectivity index (χ3n) is 12.7. The average Bonchev–Trinajstić information content (AvgIpc) is 3.36. The van der Waals surface area contributed by atoms with Crippen molar-refractivity contribution in [3.05, 3.63) is 122 Å². The SMILES string of the molecule is CC/C=C\C/C=C\C/C=C\C/C=C\C/C=C\C/C=C\C/C=C\C/C=C\C/C=C\CCCCCCCCCCCC(=O)NC(COP(=O)(O)OCC[N+](C)(C)C)C(O)/C=C/CCCCCCCCCCCCCCC. The fourth-order valence-corrected chi connectivity index (χ4v) is 8.77. The van der Waals surface area contributed by atoms with Crippen molar-refractivity contribution in [3.8, 4) is 0 Å². The van der Waals surface area contributed by atoms with Gasteiger partial charge in [0.1, 0.15) is 13.2 Å². The summed E-state index contributed by atoms with van der Waals surface area (Å²) >= 11 is 0. The van der Waals surface area contributed by atoms with Gasteiger partial charge in [-0.2, -0.15) is 0 Å². The van der Waals surface area contributed by atoms with Crippen molar-refractivity contribution in [2.75, 3.05) is 40.9 Å². The van der Waals surface area contributed by atoms with E-state index in [4.69, 9.17) is 9.05 Å². The molecule has 0 spiro atoms. The molecule has 0 aliphatic heterocycles. The fraction of sp³-hybridized carbons (Fsp3) is 0.677. The second-order valence-electron chi connectivity index (χ2n) is 21.0. The molecule has 0 radical (unpaired) electrons. The van der Waals surface area contributed by atoms with Gasteiger partial charge in [-0.25, -0.2) is 4.57 Å². The predicted molar refractivity (Wildman–Crippen MR) is 322 cm³/mol. The van der Waals surface area contributed by atoms with Crippen LogP contribution in [0.2, 0.25) is 0 Å². The van der Waals surface area contributed by atoms with Crippen LogP contribution in [0.5, 0.6) is 0 Å². The molecule has 0 aliphatic rings. The van der Waals surface area contributed by atoms with Crippen molar-refractivity contribution in [2.45, 2.75) is 244 Å². The molecule has 0 saturated heterocycles. The van der Waals surface area contributed by atoms with Crippen molar-refractivity contribution in [3.63, 3.8) is 0 Å². The zero-order valence-corrected chi connectivity index (χ0v) is 49.2. The summed E-state index contributed by atoms with van der Waals surface area (Å²) in [6, 6.07) is -0.858. The molecule has 0 bridgehead atoms. The summed E-state index contributed by atoms with van der Waals surface area (Å²) in [5, 5.41) is 13.9. The number of allylic oxidation sites excluding steroid dienone is 19. The molecule has 0 aromatic heterocycles. The Morgan fingerprint density at radius 3 is 1.19 bits per heavy atom. The summed E-state index contributed by atoms with van der Waals surface area (Å²) in [5.74, 6) is -0.188. The smallest absolute Gasteiger partial charge is 0.387 e. The number of carbonyl (C=O) groups is 1. The lowest BCUT2D eigenvalue weighted by atomic mass is 10.0. The van der Waals surface area contributed by atoms with Crippen molar-refractivity contribution in [2.24, 2.45) is 0 Å². The minimum atomic E-state index is -4.35. The van der Waals surface area contributed by atoms with Crippen LogP contribution in [-0.4, -0.2) is 73.4 Å². The third-order valence-corrected chi connectivity index (χ3v) is 13.7. The minimum absolute atomic E-state index is 0.0549. The van der Waals surface area contributed by atoms with E-state index in [0.717, 1.165) is 103 Å². The van der Waals surface area contributed by atoms with Gasteiger partial charge in [-0.3, -0.25) is 13.8 Å². The number of nitrogens with zero attached hydrogens (tertiary/aromatic N) is 1. The molecule has 74 heavy (non-hydrogen) atoms. The zero-order chi connectivity index (χ0) is 54.2. The number of phosphoric ester groups is 1. The van der Waals surface area contributed by atoms with E-state index in [-0.39, 0.29) is 19.1 Å². The van der Waals surface area contributed by atoms with Gasteiger partial charge in [-0.15, -0.1) is 0 Å². The Bertz CT molecular complexity index is 1620. The van der Waals surface area contributed by atoms with Crippen LogP contribution in [-0.2, 0) is 18.4 Å². The summed E-state index contributed by atoms with van der Waals surface area (Å²) in [6.45, 7) is 4.69. The Labute approximate surface area is 456 Å². The second kappa shape index (κ2) is 54.7. The number of aliphatic hydroxyl groups is 1. The lowest BCUT2D eigenvalue weighted by Crippen LogP contribution is -2.45. The van der Waals surface area contributed by atoms with Gasteiger partial charge >= 0.3 is 7.82 Å². The van der Waals surface area contributed by atoms with Crippen LogP contribution in [0.1, 0.15) is 232 Å². The molecule has 0 fully saturated rings. The normalized spacial score (nSPS) is 14.7. The monoisotopic (exact) mass is 1050 g/mol. The van der Waals surface area contributed by atoms with E-state index in [1.54, 1.807) is 6.08 Å². The first-order valence-corrected chi connectivity index (χ1v) is 31.4. The third kappa shape index (κ3) is 56.6. The largest absolute Gasteiger partial charge is 0.472 e. The molecular formula is C65H114N2O6P+.